The quantitative estimate of drug-likeness (QED) is 0.177. The lowest BCUT2D eigenvalue weighted by atomic mass is 10.1. The summed E-state index contributed by atoms with van der Waals surface area (Å²) in [6.45, 7) is 7.88. The first-order valence-corrected chi connectivity index (χ1v) is 17.7. The van der Waals surface area contributed by atoms with E-state index in [0.717, 1.165) is 10.3 Å². The summed E-state index contributed by atoms with van der Waals surface area (Å²) in [7, 11) is -3.64. The predicted octanol–water partition coefficient (Wildman–Crippen LogP) is 5.45. The normalized spacial score (nSPS) is 12.2. The summed E-state index contributed by atoms with van der Waals surface area (Å²) in [5.41, 5.74) is 2.41. The van der Waals surface area contributed by atoms with E-state index in [2.05, 4.69) is 29.9 Å². The third-order valence-corrected chi connectivity index (χ3v) is 9.82. The number of nitrogens with zero attached hydrogens (tertiary/aromatic N) is 3. The second kappa shape index (κ2) is 11.9. The van der Waals surface area contributed by atoms with Gasteiger partial charge in [0.05, 0.1) is 46.1 Å². The maximum Gasteiger partial charge on any atom is 0.261 e. The van der Waals surface area contributed by atoms with Gasteiger partial charge in [0.2, 0.25) is 10.0 Å². The molecule has 3 rings (SSSR count). The number of anilines is 3. The van der Waals surface area contributed by atoms with Gasteiger partial charge in [-0.25, -0.2) is 17.7 Å². The second-order valence-corrected chi connectivity index (χ2v) is 18.1. The van der Waals surface area contributed by atoms with E-state index < -0.39 is 24.8 Å². The van der Waals surface area contributed by atoms with Crippen LogP contribution >= 0.6 is 11.6 Å². The van der Waals surface area contributed by atoms with E-state index >= 15 is 0 Å². The third kappa shape index (κ3) is 7.10. The number of aromatic nitrogens is 2. The molecule has 0 saturated heterocycles. The van der Waals surface area contributed by atoms with Gasteiger partial charge in [0, 0.05) is 27.4 Å². The van der Waals surface area contributed by atoms with Gasteiger partial charge < -0.3 is 14.6 Å². The van der Waals surface area contributed by atoms with E-state index in [1.165, 1.54) is 10.9 Å². The third-order valence-electron chi connectivity index (χ3n) is 5.94. The van der Waals surface area contributed by atoms with Crippen LogP contribution in [0.1, 0.15) is 12.0 Å². The molecule has 0 bridgehead atoms. The molecule has 37 heavy (non-hydrogen) atoms. The number of sulfonamides is 1. The molecule has 0 radical (unpaired) electrons. The van der Waals surface area contributed by atoms with Gasteiger partial charge in [-0.3, -0.25) is 9.18 Å². The standard InChI is InChI=1S/C25H34ClFN4O4SSi/c1-18-19(10-11-20-23(18)25(32)30(2)16-28-20)29-21-8-6-9-22(24(21)26)31(36(33,34)14-7-12-27)17-35-13-15-37(3,4)5/h6,8-11,16,29H,7,12-15,17H2,1-5H3. The monoisotopic (exact) mass is 568 g/mol. The highest BCUT2D eigenvalue weighted by Crippen LogP contribution is 2.37. The number of rotatable bonds is 12. The van der Waals surface area contributed by atoms with Gasteiger partial charge in [0.15, 0.2) is 0 Å². The molecule has 0 unspecified atom stereocenters. The number of fused-ring (bicyclic) bond motifs is 1. The zero-order valence-electron chi connectivity index (χ0n) is 21.8. The Bertz CT molecular complexity index is 1430. The molecule has 1 N–H and O–H groups in total. The van der Waals surface area contributed by atoms with Gasteiger partial charge in [-0.1, -0.05) is 37.3 Å². The van der Waals surface area contributed by atoms with Crippen molar-refractivity contribution in [2.24, 2.45) is 7.05 Å². The highest BCUT2D eigenvalue weighted by atomic mass is 35.5. The summed E-state index contributed by atoms with van der Waals surface area (Å²) in [4.78, 5) is 17.0. The number of aryl methyl sites for hydroxylation is 2. The Morgan fingerprint density at radius 2 is 1.92 bits per heavy atom. The molecule has 2 aromatic carbocycles. The van der Waals surface area contributed by atoms with Crippen molar-refractivity contribution in [2.75, 3.05) is 35.4 Å². The number of nitrogens with one attached hydrogen (secondary N) is 1. The van der Waals surface area contributed by atoms with E-state index in [1.54, 1.807) is 37.4 Å². The number of hydrogen-bond acceptors (Lipinski definition) is 6. The van der Waals surface area contributed by atoms with Crippen LogP contribution in [0.15, 0.2) is 41.5 Å². The molecule has 0 fully saturated rings. The molecule has 0 aliphatic rings. The summed E-state index contributed by atoms with van der Waals surface area (Å²) in [5, 5.41) is 3.88. The molecular weight excluding hydrogens is 535 g/mol. The summed E-state index contributed by atoms with van der Waals surface area (Å²) >= 11 is 6.74. The molecule has 0 aliphatic carbocycles. The zero-order valence-corrected chi connectivity index (χ0v) is 24.4. The Labute approximate surface area is 223 Å². The molecule has 1 aromatic heterocycles. The van der Waals surface area contributed by atoms with E-state index in [4.69, 9.17) is 16.3 Å². The minimum atomic E-state index is -3.90. The Balaban J connectivity index is 1.97. The Hall–Kier alpha value is -2.47. The van der Waals surface area contributed by atoms with Gasteiger partial charge in [-0.15, -0.1) is 0 Å². The van der Waals surface area contributed by atoms with Crippen molar-refractivity contribution in [3.63, 3.8) is 0 Å². The topological polar surface area (TPSA) is 93.5 Å². The minimum absolute atomic E-state index is 0.122. The first-order valence-electron chi connectivity index (χ1n) is 12.0. The molecule has 0 spiro atoms. The van der Waals surface area contributed by atoms with Crippen molar-refractivity contribution in [3.05, 3.63) is 57.6 Å². The Kier molecular flexibility index (Phi) is 9.38. The number of benzene rings is 2. The van der Waals surface area contributed by atoms with Crippen LogP contribution in [-0.2, 0) is 21.8 Å². The van der Waals surface area contributed by atoms with Crippen LogP contribution < -0.4 is 15.2 Å². The number of hydrogen-bond donors (Lipinski definition) is 1. The van der Waals surface area contributed by atoms with Crippen LogP contribution in [0.5, 0.6) is 0 Å². The smallest absolute Gasteiger partial charge is 0.261 e. The van der Waals surface area contributed by atoms with Crippen molar-refractivity contribution in [2.45, 2.75) is 39.0 Å². The molecule has 8 nitrogen and oxygen atoms in total. The van der Waals surface area contributed by atoms with E-state index in [9.17, 15) is 17.6 Å². The van der Waals surface area contributed by atoms with Crippen molar-refractivity contribution in [1.29, 1.82) is 0 Å². The molecule has 0 atom stereocenters. The fourth-order valence-corrected chi connectivity index (χ4v) is 6.18. The molecular formula is C25H34ClFN4O4SSi. The van der Waals surface area contributed by atoms with Gasteiger partial charge in [0.25, 0.3) is 5.56 Å². The van der Waals surface area contributed by atoms with Crippen molar-refractivity contribution in [1.82, 2.24) is 9.55 Å². The predicted molar refractivity (Wildman–Crippen MR) is 152 cm³/mol. The van der Waals surface area contributed by atoms with Crippen molar-refractivity contribution in [3.8, 4) is 0 Å². The van der Waals surface area contributed by atoms with Crippen molar-refractivity contribution >= 4 is 57.7 Å². The first-order chi connectivity index (χ1) is 17.4. The molecule has 0 aliphatic heterocycles. The first kappa shape index (κ1) is 29.1. The fraction of sp³-hybridized carbons (Fsp3) is 0.440. The summed E-state index contributed by atoms with van der Waals surface area (Å²) in [6.07, 6.45) is 1.35. The van der Waals surface area contributed by atoms with Gasteiger partial charge in [-0.2, -0.15) is 0 Å². The van der Waals surface area contributed by atoms with Crippen LogP contribution in [0.3, 0.4) is 0 Å². The van der Waals surface area contributed by atoms with Gasteiger partial charge in [-0.05, 0) is 49.2 Å². The lowest BCUT2D eigenvalue weighted by molar-refractivity contribution is 0.156. The Morgan fingerprint density at radius 3 is 2.59 bits per heavy atom. The maximum absolute atomic E-state index is 13.1. The second-order valence-electron chi connectivity index (χ2n) is 10.1. The molecule has 202 valence electrons. The fourth-order valence-electron chi connectivity index (χ4n) is 3.71. The largest absolute Gasteiger partial charge is 0.360 e. The van der Waals surface area contributed by atoms with Crippen molar-refractivity contribution < 1.29 is 17.5 Å². The molecule has 0 saturated carbocycles. The van der Waals surface area contributed by atoms with E-state index in [0.29, 0.717) is 34.4 Å². The van der Waals surface area contributed by atoms with Gasteiger partial charge >= 0.3 is 0 Å². The van der Waals surface area contributed by atoms with Gasteiger partial charge in [0.1, 0.15) is 6.73 Å². The van der Waals surface area contributed by atoms with Crippen LogP contribution in [-0.4, -0.2) is 51.8 Å². The SMILES string of the molecule is Cc1c(Nc2cccc(N(COCC[Si](C)(C)C)S(=O)(=O)CCCF)c2Cl)ccc2ncn(C)c(=O)c12. The minimum Gasteiger partial charge on any atom is -0.360 e. The number of halogens is 2. The summed E-state index contributed by atoms with van der Waals surface area (Å²) in [5.74, 6) is -0.366. The Morgan fingerprint density at radius 1 is 1.19 bits per heavy atom. The van der Waals surface area contributed by atoms with Crippen LogP contribution in [0.2, 0.25) is 30.7 Å². The lowest BCUT2D eigenvalue weighted by Gasteiger charge is -2.27. The lowest BCUT2D eigenvalue weighted by Crippen LogP contribution is -2.36. The highest BCUT2D eigenvalue weighted by molar-refractivity contribution is 7.92. The van der Waals surface area contributed by atoms with Crippen LogP contribution in [0, 0.1) is 6.92 Å². The summed E-state index contributed by atoms with van der Waals surface area (Å²) < 4.78 is 47.4. The average Bonchev–Trinajstić information content (AvgIpc) is 2.82. The highest BCUT2D eigenvalue weighted by Gasteiger charge is 2.26. The number of ether oxygens (including phenoxy) is 1. The van der Waals surface area contributed by atoms with E-state index in [-0.39, 0.29) is 35.2 Å². The maximum atomic E-state index is 13.1. The molecule has 3 aromatic rings. The average molecular weight is 569 g/mol. The molecule has 1 heterocycles. The zero-order chi connectivity index (χ0) is 27.4. The van der Waals surface area contributed by atoms with Crippen LogP contribution in [0.4, 0.5) is 21.5 Å². The summed E-state index contributed by atoms with van der Waals surface area (Å²) in [6, 6.07) is 9.40. The number of alkyl halides is 1. The van der Waals surface area contributed by atoms with E-state index in [1.807, 2.05) is 6.92 Å². The molecule has 12 heteroatoms. The molecule has 0 amide bonds. The van der Waals surface area contributed by atoms with Crippen LogP contribution in [0.25, 0.3) is 10.9 Å².